The first-order valence-corrected chi connectivity index (χ1v) is 9.28. The zero-order valence-electron chi connectivity index (χ0n) is 16.0. The van der Waals surface area contributed by atoms with E-state index < -0.39 is 12.0 Å². The van der Waals surface area contributed by atoms with E-state index in [1.54, 1.807) is 0 Å². The molecule has 1 atom stereocenters. The molecule has 3 rings (SSSR count). The van der Waals surface area contributed by atoms with Gasteiger partial charge in [0.05, 0.1) is 18.7 Å². The van der Waals surface area contributed by atoms with Crippen LogP contribution in [0.3, 0.4) is 0 Å². The van der Waals surface area contributed by atoms with Crippen molar-refractivity contribution in [1.29, 1.82) is 0 Å². The zero-order chi connectivity index (χ0) is 19.9. The van der Waals surface area contributed by atoms with Crippen molar-refractivity contribution in [2.75, 3.05) is 7.11 Å². The Balaban J connectivity index is 1.97. The first kappa shape index (κ1) is 19.5. The van der Waals surface area contributed by atoms with Gasteiger partial charge in [0.15, 0.2) is 0 Å². The first-order chi connectivity index (χ1) is 13.6. The molecule has 1 aliphatic heterocycles. The third kappa shape index (κ3) is 4.34. The van der Waals surface area contributed by atoms with Crippen LogP contribution in [-0.4, -0.2) is 19.1 Å². The predicted octanol–water partition coefficient (Wildman–Crippen LogP) is 3.85. The number of methoxy groups -OCH3 is 1. The summed E-state index contributed by atoms with van der Waals surface area (Å²) in [7, 11) is 1.34. The van der Waals surface area contributed by atoms with Gasteiger partial charge in [-0.05, 0) is 18.1 Å². The number of ether oxygens (including phenoxy) is 2. The van der Waals surface area contributed by atoms with Gasteiger partial charge >= 0.3 is 12.0 Å². The number of nitrogens with one attached hydrogen (secondary N) is 2. The molecule has 0 fully saturated rings. The Morgan fingerprint density at radius 1 is 1.07 bits per heavy atom. The molecule has 0 saturated heterocycles. The lowest BCUT2D eigenvalue weighted by Crippen LogP contribution is -2.46. The second kappa shape index (κ2) is 9.08. The van der Waals surface area contributed by atoms with Gasteiger partial charge in [-0.25, -0.2) is 9.59 Å². The minimum Gasteiger partial charge on any atom is -0.489 e. The van der Waals surface area contributed by atoms with E-state index in [0.717, 1.165) is 12.0 Å². The number of benzene rings is 2. The summed E-state index contributed by atoms with van der Waals surface area (Å²) in [6, 6.07) is 16.2. The molecule has 146 valence electrons. The fraction of sp³-hybridized carbons (Fsp3) is 0.273. The number of hydrogen-bond donors (Lipinski definition) is 2. The minimum atomic E-state index is -0.644. The van der Waals surface area contributed by atoms with Crippen LogP contribution in [0.5, 0.6) is 5.75 Å². The lowest BCUT2D eigenvalue weighted by Gasteiger charge is -2.30. The van der Waals surface area contributed by atoms with Gasteiger partial charge in [-0.3, -0.25) is 0 Å². The summed E-state index contributed by atoms with van der Waals surface area (Å²) in [5.74, 6) is 0.134. The summed E-state index contributed by atoms with van der Waals surface area (Å²) < 4.78 is 11.0. The van der Waals surface area contributed by atoms with E-state index in [4.69, 9.17) is 9.47 Å². The van der Waals surface area contributed by atoms with E-state index in [-0.39, 0.29) is 6.03 Å². The molecule has 0 saturated carbocycles. The van der Waals surface area contributed by atoms with E-state index >= 15 is 0 Å². The number of allylic oxidation sites excluding steroid dienone is 1. The molecule has 6 nitrogen and oxygen atoms in total. The van der Waals surface area contributed by atoms with Crippen LogP contribution in [0, 0.1) is 0 Å². The number of rotatable bonds is 7. The van der Waals surface area contributed by atoms with Crippen molar-refractivity contribution in [3.8, 4) is 5.75 Å². The Morgan fingerprint density at radius 2 is 1.79 bits per heavy atom. The second-order valence-corrected chi connectivity index (χ2v) is 6.48. The maximum atomic E-state index is 12.5. The quantitative estimate of drug-likeness (QED) is 0.716. The maximum Gasteiger partial charge on any atom is 0.337 e. The monoisotopic (exact) mass is 380 g/mol. The number of esters is 1. The molecule has 2 N–H and O–H groups in total. The summed E-state index contributed by atoms with van der Waals surface area (Å²) >= 11 is 0. The van der Waals surface area contributed by atoms with Crippen LogP contribution in [-0.2, 0) is 16.1 Å². The van der Waals surface area contributed by atoms with Crippen molar-refractivity contribution in [2.45, 2.75) is 32.4 Å². The first-order valence-electron chi connectivity index (χ1n) is 9.28. The van der Waals surface area contributed by atoms with E-state index in [9.17, 15) is 9.59 Å². The van der Waals surface area contributed by atoms with Crippen molar-refractivity contribution >= 4 is 12.0 Å². The lowest BCUT2D eigenvalue weighted by atomic mass is 9.93. The summed E-state index contributed by atoms with van der Waals surface area (Å²) in [5.41, 5.74) is 2.73. The van der Waals surface area contributed by atoms with E-state index in [1.165, 1.54) is 7.11 Å². The number of para-hydroxylation sites is 1. The van der Waals surface area contributed by atoms with Crippen molar-refractivity contribution in [3.63, 3.8) is 0 Å². The molecular formula is C22H24N2O4. The Morgan fingerprint density at radius 3 is 2.50 bits per heavy atom. The van der Waals surface area contributed by atoms with Crippen molar-refractivity contribution < 1.29 is 19.1 Å². The lowest BCUT2D eigenvalue weighted by molar-refractivity contribution is -0.136. The topological polar surface area (TPSA) is 76.7 Å². The molecule has 1 unspecified atom stereocenters. The molecule has 0 spiro atoms. The van der Waals surface area contributed by atoms with E-state index in [2.05, 4.69) is 10.6 Å². The van der Waals surface area contributed by atoms with Crippen LogP contribution >= 0.6 is 0 Å². The highest BCUT2D eigenvalue weighted by molar-refractivity contribution is 5.95. The van der Waals surface area contributed by atoms with Gasteiger partial charge in [0.1, 0.15) is 12.4 Å². The van der Waals surface area contributed by atoms with Crippen molar-refractivity contribution in [3.05, 3.63) is 77.0 Å². The largest absolute Gasteiger partial charge is 0.489 e. The molecule has 0 radical (unpaired) electrons. The fourth-order valence-electron chi connectivity index (χ4n) is 3.24. The number of carbonyl (C=O) groups is 2. The molecule has 1 heterocycles. The smallest absolute Gasteiger partial charge is 0.337 e. The summed E-state index contributed by atoms with van der Waals surface area (Å²) in [6.07, 6.45) is 1.36. The third-order valence-electron chi connectivity index (χ3n) is 4.53. The Kier molecular flexibility index (Phi) is 6.32. The van der Waals surface area contributed by atoms with Crippen molar-refractivity contribution in [2.24, 2.45) is 0 Å². The van der Waals surface area contributed by atoms with Gasteiger partial charge in [0, 0.05) is 11.3 Å². The highest BCUT2D eigenvalue weighted by Crippen LogP contribution is 2.34. The predicted molar refractivity (Wildman–Crippen MR) is 106 cm³/mol. The van der Waals surface area contributed by atoms with Crippen LogP contribution in [0.2, 0.25) is 0 Å². The molecule has 0 aliphatic carbocycles. The Hall–Kier alpha value is -3.28. The summed E-state index contributed by atoms with van der Waals surface area (Å²) in [5, 5.41) is 5.58. The number of carbonyl (C=O) groups excluding carboxylic acids is 2. The number of amides is 2. The van der Waals surface area contributed by atoms with Gasteiger partial charge < -0.3 is 20.1 Å². The standard InChI is InChI=1S/C22H24N2O4/c1-3-9-17-19(21(25)27-2)20(24-22(26)23-17)16-12-7-8-13-18(16)28-14-15-10-5-4-6-11-15/h4-8,10-13,20H,3,9,14H2,1-2H3,(H2,23,24,26). The zero-order valence-corrected chi connectivity index (χ0v) is 16.0. The molecular weight excluding hydrogens is 356 g/mol. The van der Waals surface area contributed by atoms with Gasteiger partial charge in [-0.15, -0.1) is 0 Å². The molecule has 1 aliphatic rings. The van der Waals surface area contributed by atoms with Crippen LogP contribution < -0.4 is 15.4 Å². The van der Waals surface area contributed by atoms with Gasteiger partial charge in [0.2, 0.25) is 0 Å². The highest BCUT2D eigenvalue weighted by Gasteiger charge is 2.34. The second-order valence-electron chi connectivity index (χ2n) is 6.48. The van der Waals surface area contributed by atoms with E-state index in [0.29, 0.717) is 35.6 Å². The van der Waals surface area contributed by atoms with Crippen LogP contribution in [0.15, 0.2) is 65.9 Å². The third-order valence-corrected chi connectivity index (χ3v) is 4.53. The molecule has 0 bridgehead atoms. The van der Waals surface area contributed by atoms with Gasteiger partial charge in [-0.2, -0.15) is 0 Å². The maximum absolute atomic E-state index is 12.5. The molecule has 2 aromatic carbocycles. The molecule has 2 amide bonds. The Labute approximate surface area is 164 Å². The average molecular weight is 380 g/mol. The minimum absolute atomic E-state index is 0.348. The van der Waals surface area contributed by atoms with Crippen LogP contribution in [0.4, 0.5) is 4.79 Å². The van der Waals surface area contributed by atoms with Crippen LogP contribution in [0.25, 0.3) is 0 Å². The molecule has 0 aromatic heterocycles. The Bertz CT molecular complexity index is 877. The summed E-state index contributed by atoms with van der Waals surface area (Å²) in [4.78, 5) is 24.8. The van der Waals surface area contributed by atoms with Crippen LogP contribution in [0.1, 0.15) is 36.9 Å². The van der Waals surface area contributed by atoms with Gasteiger partial charge in [-0.1, -0.05) is 61.9 Å². The van der Waals surface area contributed by atoms with Gasteiger partial charge in [0.25, 0.3) is 0 Å². The normalized spacial score (nSPS) is 16.2. The SMILES string of the molecule is CCCC1=C(C(=O)OC)C(c2ccccc2OCc2ccccc2)NC(=O)N1. The van der Waals surface area contributed by atoms with Crippen molar-refractivity contribution in [1.82, 2.24) is 10.6 Å². The molecule has 6 heteroatoms. The van der Waals surface area contributed by atoms with E-state index in [1.807, 2.05) is 61.5 Å². The summed E-state index contributed by atoms with van der Waals surface area (Å²) in [6.45, 7) is 2.37. The molecule has 28 heavy (non-hydrogen) atoms. The number of hydrogen-bond acceptors (Lipinski definition) is 4. The number of urea groups is 1. The average Bonchev–Trinajstić information content (AvgIpc) is 2.72. The fourth-order valence-corrected chi connectivity index (χ4v) is 3.24. The highest BCUT2D eigenvalue weighted by atomic mass is 16.5. The molecule has 2 aromatic rings.